The lowest BCUT2D eigenvalue weighted by Gasteiger charge is -2.27. The zero-order chi connectivity index (χ0) is 11.4. The summed E-state index contributed by atoms with van der Waals surface area (Å²) in [5.41, 5.74) is 1.02. The molecule has 2 nitrogen and oxygen atoms in total. The highest BCUT2D eigenvalue weighted by atomic mass is 16.3. The number of likely N-dealkylation sites (tertiary alicyclic amines) is 1. The number of rotatable bonds is 4. The molecule has 1 heterocycles. The van der Waals surface area contributed by atoms with Gasteiger partial charge in [0.2, 0.25) is 0 Å². The number of nitrogens with zero attached hydrogens (tertiary/aromatic N) is 1. The average molecular weight is 217 g/mol. The van der Waals surface area contributed by atoms with E-state index in [0.29, 0.717) is 0 Å². The molecule has 1 unspecified atom stereocenters. The molecule has 0 spiro atoms. The summed E-state index contributed by atoms with van der Waals surface area (Å²) in [6.45, 7) is 5.71. The van der Waals surface area contributed by atoms with Crippen LogP contribution in [0, 0.1) is 0 Å². The second-order valence-electron chi connectivity index (χ2n) is 4.35. The van der Waals surface area contributed by atoms with Crippen LogP contribution in [0.2, 0.25) is 0 Å². The Bertz CT molecular complexity index is 336. The fraction of sp³-hybridized carbons (Fsp3) is 0.429. The normalized spacial score (nSPS) is 23.2. The highest BCUT2D eigenvalue weighted by molar-refractivity contribution is 5.19. The first-order valence-electron chi connectivity index (χ1n) is 5.91. The number of aliphatic hydroxyl groups is 1. The Morgan fingerprint density at radius 1 is 1.44 bits per heavy atom. The molecule has 1 aromatic carbocycles. The highest BCUT2D eigenvalue weighted by Gasteiger charge is 2.30. The van der Waals surface area contributed by atoms with Crippen molar-refractivity contribution in [2.75, 3.05) is 13.1 Å². The van der Waals surface area contributed by atoms with Crippen molar-refractivity contribution in [1.29, 1.82) is 0 Å². The van der Waals surface area contributed by atoms with Crippen molar-refractivity contribution in [2.24, 2.45) is 0 Å². The van der Waals surface area contributed by atoms with Crippen LogP contribution in [0.1, 0.15) is 24.5 Å². The maximum absolute atomic E-state index is 10.3. The molecule has 1 N–H and O–H groups in total. The Morgan fingerprint density at radius 3 is 2.88 bits per heavy atom. The molecule has 0 amide bonds. The molecular formula is C14H19NO. The molecule has 1 aliphatic rings. The molecule has 2 heteroatoms. The SMILES string of the molecule is C=CCN1CCC[C@H]1C(O)c1ccccc1. The molecule has 86 valence electrons. The van der Waals surface area contributed by atoms with Crippen LogP contribution in [0.4, 0.5) is 0 Å². The Morgan fingerprint density at radius 2 is 2.19 bits per heavy atom. The van der Waals surface area contributed by atoms with E-state index in [4.69, 9.17) is 0 Å². The van der Waals surface area contributed by atoms with Crippen LogP contribution in [-0.4, -0.2) is 29.1 Å². The molecule has 0 radical (unpaired) electrons. The third kappa shape index (κ3) is 2.34. The van der Waals surface area contributed by atoms with Gasteiger partial charge >= 0.3 is 0 Å². The van der Waals surface area contributed by atoms with E-state index in [1.807, 2.05) is 36.4 Å². The maximum Gasteiger partial charge on any atom is 0.0945 e. The highest BCUT2D eigenvalue weighted by Crippen LogP contribution is 2.28. The molecule has 1 fully saturated rings. The fourth-order valence-electron chi connectivity index (χ4n) is 2.47. The minimum Gasteiger partial charge on any atom is -0.387 e. The van der Waals surface area contributed by atoms with Gasteiger partial charge in [-0.15, -0.1) is 6.58 Å². The molecule has 2 atom stereocenters. The van der Waals surface area contributed by atoms with Crippen LogP contribution in [-0.2, 0) is 0 Å². The maximum atomic E-state index is 10.3. The second kappa shape index (κ2) is 5.28. The molecular weight excluding hydrogens is 198 g/mol. The molecule has 0 bridgehead atoms. The molecule has 1 aliphatic heterocycles. The van der Waals surface area contributed by atoms with E-state index >= 15 is 0 Å². The average Bonchev–Trinajstić information content (AvgIpc) is 2.78. The fourth-order valence-corrected chi connectivity index (χ4v) is 2.47. The molecule has 16 heavy (non-hydrogen) atoms. The van der Waals surface area contributed by atoms with Crippen molar-refractivity contribution in [3.63, 3.8) is 0 Å². The summed E-state index contributed by atoms with van der Waals surface area (Å²) < 4.78 is 0. The molecule has 0 aromatic heterocycles. The van der Waals surface area contributed by atoms with Gasteiger partial charge in [-0.3, -0.25) is 4.90 Å². The van der Waals surface area contributed by atoms with E-state index in [1.54, 1.807) is 0 Å². The zero-order valence-corrected chi connectivity index (χ0v) is 9.55. The van der Waals surface area contributed by atoms with Gasteiger partial charge < -0.3 is 5.11 Å². The smallest absolute Gasteiger partial charge is 0.0945 e. The van der Waals surface area contributed by atoms with Crippen molar-refractivity contribution in [3.8, 4) is 0 Å². The minimum atomic E-state index is -0.372. The van der Waals surface area contributed by atoms with Gasteiger partial charge in [0, 0.05) is 12.6 Å². The largest absolute Gasteiger partial charge is 0.387 e. The lowest BCUT2D eigenvalue weighted by molar-refractivity contribution is 0.0786. The summed E-state index contributed by atoms with van der Waals surface area (Å²) in [5, 5.41) is 10.3. The predicted octanol–water partition coefficient (Wildman–Crippen LogP) is 2.37. The quantitative estimate of drug-likeness (QED) is 0.783. The first-order chi connectivity index (χ1) is 7.83. The van der Waals surface area contributed by atoms with Crippen molar-refractivity contribution in [2.45, 2.75) is 25.0 Å². The standard InChI is InChI=1S/C14H19NO/c1-2-10-15-11-6-9-13(15)14(16)12-7-4-3-5-8-12/h2-5,7-8,13-14,16H,1,6,9-11H2/t13-,14?/m0/s1. The third-order valence-corrected chi connectivity index (χ3v) is 3.28. The summed E-state index contributed by atoms with van der Waals surface area (Å²) in [7, 11) is 0. The molecule has 2 rings (SSSR count). The minimum absolute atomic E-state index is 0.250. The van der Waals surface area contributed by atoms with Gasteiger partial charge in [-0.1, -0.05) is 36.4 Å². The van der Waals surface area contributed by atoms with Crippen molar-refractivity contribution in [3.05, 3.63) is 48.6 Å². The first-order valence-corrected chi connectivity index (χ1v) is 5.91. The summed E-state index contributed by atoms with van der Waals surface area (Å²) in [6.07, 6.45) is 3.78. The van der Waals surface area contributed by atoms with E-state index in [1.165, 1.54) is 6.42 Å². The predicted molar refractivity (Wildman–Crippen MR) is 66.2 cm³/mol. The van der Waals surface area contributed by atoms with Crippen molar-refractivity contribution in [1.82, 2.24) is 4.90 Å². The molecule has 1 aromatic rings. The van der Waals surface area contributed by atoms with E-state index in [9.17, 15) is 5.11 Å². The Balaban J connectivity index is 2.09. The van der Waals surface area contributed by atoms with Crippen molar-refractivity contribution < 1.29 is 5.11 Å². The third-order valence-electron chi connectivity index (χ3n) is 3.28. The van der Waals surface area contributed by atoms with Gasteiger partial charge in [0.1, 0.15) is 0 Å². The van der Waals surface area contributed by atoms with Gasteiger partial charge in [-0.25, -0.2) is 0 Å². The monoisotopic (exact) mass is 217 g/mol. The summed E-state index contributed by atoms with van der Waals surface area (Å²) in [5.74, 6) is 0. The summed E-state index contributed by atoms with van der Waals surface area (Å²) >= 11 is 0. The van der Waals surface area contributed by atoms with Crippen LogP contribution in [0.3, 0.4) is 0 Å². The molecule has 0 saturated carbocycles. The lowest BCUT2D eigenvalue weighted by atomic mass is 10.0. The molecule has 1 saturated heterocycles. The van der Waals surface area contributed by atoms with E-state index in [0.717, 1.165) is 25.1 Å². The number of benzene rings is 1. The van der Waals surface area contributed by atoms with Crippen molar-refractivity contribution >= 4 is 0 Å². The van der Waals surface area contributed by atoms with Crippen LogP contribution >= 0.6 is 0 Å². The van der Waals surface area contributed by atoms with E-state index < -0.39 is 0 Å². The molecule has 0 aliphatic carbocycles. The Labute approximate surface area is 97.2 Å². The van der Waals surface area contributed by atoms with Gasteiger partial charge in [-0.05, 0) is 24.9 Å². The second-order valence-corrected chi connectivity index (χ2v) is 4.35. The zero-order valence-electron chi connectivity index (χ0n) is 9.55. The van der Waals surface area contributed by atoms with E-state index in [-0.39, 0.29) is 12.1 Å². The van der Waals surface area contributed by atoms with Gasteiger partial charge in [-0.2, -0.15) is 0 Å². The summed E-state index contributed by atoms with van der Waals surface area (Å²) in [6, 6.07) is 10.2. The summed E-state index contributed by atoms with van der Waals surface area (Å²) in [4.78, 5) is 2.31. The Kier molecular flexibility index (Phi) is 3.75. The first kappa shape index (κ1) is 11.4. The van der Waals surface area contributed by atoms with Crippen LogP contribution < -0.4 is 0 Å². The number of hydrogen-bond donors (Lipinski definition) is 1. The van der Waals surface area contributed by atoms with Crippen LogP contribution in [0.5, 0.6) is 0 Å². The lowest BCUT2D eigenvalue weighted by Crippen LogP contribution is -2.34. The van der Waals surface area contributed by atoms with Crippen LogP contribution in [0.25, 0.3) is 0 Å². The van der Waals surface area contributed by atoms with Gasteiger partial charge in [0.05, 0.1) is 6.10 Å². The van der Waals surface area contributed by atoms with Crippen LogP contribution in [0.15, 0.2) is 43.0 Å². The topological polar surface area (TPSA) is 23.5 Å². The van der Waals surface area contributed by atoms with E-state index in [2.05, 4.69) is 11.5 Å². The van der Waals surface area contributed by atoms with Gasteiger partial charge in [0.25, 0.3) is 0 Å². The van der Waals surface area contributed by atoms with Gasteiger partial charge in [0.15, 0.2) is 0 Å². The number of aliphatic hydroxyl groups excluding tert-OH is 1. The Hall–Kier alpha value is -1.12. The number of hydrogen-bond acceptors (Lipinski definition) is 2.